The number of fused-ring (bicyclic) bond motifs is 1. The second kappa shape index (κ2) is 8.12. The molecule has 0 saturated carbocycles. The summed E-state index contributed by atoms with van der Waals surface area (Å²) in [6.45, 7) is 10.3. The number of benzene rings is 2. The lowest BCUT2D eigenvalue weighted by Crippen LogP contribution is -2.46. The molecule has 33 heavy (non-hydrogen) atoms. The summed E-state index contributed by atoms with van der Waals surface area (Å²) >= 11 is 0. The van der Waals surface area contributed by atoms with Crippen LogP contribution in [0.25, 0.3) is 17.0 Å². The summed E-state index contributed by atoms with van der Waals surface area (Å²) in [4.78, 5) is 19.2. The van der Waals surface area contributed by atoms with Gasteiger partial charge in [0.15, 0.2) is 11.5 Å². The highest BCUT2D eigenvalue weighted by atomic mass is 16.7. The first-order valence-corrected chi connectivity index (χ1v) is 10.7. The summed E-state index contributed by atoms with van der Waals surface area (Å²) in [5.41, 5.74) is 5.50. The average Bonchev–Trinajstić information content (AvgIpc) is 3.47. The number of hydrogen-bond donors (Lipinski definition) is 1. The number of urea groups is 1. The predicted octanol–water partition coefficient (Wildman–Crippen LogP) is 4.77. The summed E-state index contributed by atoms with van der Waals surface area (Å²) in [6, 6.07) is 11.0. The van der Waals surface area contributed by atoms with Crippen LogP contribution in [-0.4, -0.2) is 34.4 Å². The minimum atomic E-state index is -0.428. The lowest BCUT2D eigenvalue weighted by atomic mass is 9.92. The van der Waals surface area contributed by atoms with Crippen LogP contribution in [0, 0.1) is 13.8 Å². The molecular weight excluding hydrogens is 420 g/mol. The first-order chi connectivity index (χ1) is 16.0. The number of hydrogen-bond acceptors (Lipinski definition) is 6. The lowest BCUT2D eigenvalue weighted by molar-refractivity contribution is 0.174. The highest BCUT2D eigenvalue weighted by Crippen LogP contribution is 2.39. The van der Waals surface area contributed by atoms with Crippen molar-refractivity contribution >= 4 is 11.6 Å². The summed E-state index contributed by atoms with van der Waals surface area (Å²) in [5, 5.41) is 7.30. The maximum Gasteiger partial charge on any atom is 0.322 e. The Hall–Kier alpha value is -4.07. The quantitative estimate of drug-likeness (QED) is 0.571. The molecule has 0 bridgehead atoms. The van der Waals surface area contributed by atoms with E-state index in [1.807, 2.05) is 44.2 Å². The third kappa shape index (κ3) is 3.63. The number of rotatable bonds is 5. The molecule has 2 aromatic carbocycles. The van der Waals surface area contributed by atoms with Gasteiger partial charge in [0.1, 0.15) is 0 Å². The van der Waals surface area contributed by atoms with Gasteiger partial charge in [0, 0.05) is 17.8 Å². The number of nitrogens with zero attached hydrogens (tertiary/aromatic N) is 3. The van der Waals surface area contributed by atoms with E-state index in [4.69, 9.17) is 14.0 Å². The molecule has 1 atom stereocenters. The molecule has 0 aliphatic carbocycles. The zero-order chi connectivity index (χ0) is 23.1. The first-order valence-electron chi connectivity index (χ1n) is 10.7. The Balaban J connectivity index is 1.59. The SMILES string of the molecule is C=CCN1C(=O)NC(c2ccc(C)c(C)c2)C(c2nc(-c3ccc4c(c3)OCO4)no2)=C1C. The van der Waals surface area contributed by atoms with Gasteiger partial charge in [-0.3, -0.25) is 4.90 Å². The van der Waals surface area contributed by atoms with Crippen molar-refractivity contribution in [2.45, 2.75) is 26.8 Å². The predicted molar refractivity (Wildman–Crippen MR) is 123 cm³/mol. The summed E-state index contributed by atoms with van der Waals surface area (Å²) in [5.74, 6) is 2.10. The van der Waals surface area contributed by atoms with Crippen molar-refractivity contribution in [1.29, 1.82) is 0 Å². The monoisotopic (exact) mass is 444 g/mol. The minimum absolute atomic E-state index is 0.193. The Morgan fingerprint density at radius 2 is 1.94 bits per heavy atom. The standard InChI is InChI=1S/C25H24N4O4/c1-5-10-29-16(4)21(22(26-25(29)30)17-7-6-14(2)15(3)11-17)24-27-23(28-33-24)18-8-9-19-20(12-18)32-13-31-19/h5-9,11-12,22H,1,10,13H2,2-4H3,(H,26,30). The van der Waals surface area contributed by atoms with E-state index in [0.717, 1.165) is 28.0 Å². The second-order valence-corrected chi connectivity index (χ2v) is 8.12. The van der Waals surface area contributed by atoms with Gasteiger partial charge in [-0.2, -0.15) is 4.98 Å². The fourth-order valence-electron chi connectivity index (χ4n) is 4.09. The van der Waals surface area contributed by atoms with Crippen molar-refractivity contribution in [3.8, 4) is 22.9 Å². The van der Waals surface area contributed by atoms with E-state index < -0.39 is 6.04 Å². The van der Waals surface area contributed by atoms with Crippen LogP contribution in [-0.2, 0) is 0 Å². The number of allylic oxidation sites excluding steroid dienone is 1. The minimum Gasteiger partial charge on any atom is -0.454 e. The van der Waals surface area contributed by atoms with Crippen LogP contribution in [0.4, 0.5) is 4.79 Å². The van der Waals surface area contributed by atoms with E-state index in [-0.39, 0.29) is 12.8 Å². The number of carbonyl (C=O) groups is 1. The molecule has 5 rings (SSSR count). The van der Waals surface area contributed by atoms with E-state index in [1.54, 1.807) is 11.0 Å². The van der Waals surface area contributed by atoms with E-state index in [2.05, 4.69) is 35.0 Å². The Morgan fingerprint density at radius 3 is 2.73 bits per heavy atom. The molecule has 168 valence electrons. The summed E-state index contributed by atoms with van der Waals surface area (Å²) < 4.78 is 16.6. The van der Waals surface area contributed by atoms with Gasteiger partial charge in [-0.15, -0.1) is 6.58 Å². The van der Waals surface area contributed by atoms with Crippen molar-refractivity contribution in [1.82, 2.24) is 20.4 Å². The van der Waals surface area contributed by atoms with Gasteiger partial charge >= 0.3 is 6.03 Å². The molecule has 1 unspecified atom stereocenters. The average molecular weight is 444 g/mol. The Kier molecular flexibility index (Phi) is 5.12. The maximum absolute atomic E-state index is 12.9. The number of nitrogens with one attached hydrogen (secondary N) is 1. The van der Waals surface area contributed by atoms with E-state index in [1.165, 1.54) is 5.56 Å². The number of aromatic nitrogens is 2. The third-order valence-electron chi connectivity index (χ3n) is 6.06. The molecule has 3 heterocycles. The van der Waals surface area contributed by atoms with Crippen LogP contribution in [0.15, 0.2) is 59.3 Å². The summed E-state index contributed by atoms with van der Waals surface area (Å²) in [7, 11) is 0. The zero-order valence-corrected chi connectivity index (χ0v) is 18.7. The number of ether oxygens (including phenoxy) is 2. The van der Waals surface area contributed by atoms with Gasteiger partial charge in [0.05, 0.1) is 11.6 Å². The fraction of sp³-hybridized carbons (Fsp3) is 0.240. The van der Waals surface area contributed by atoms with Crippen molar-refractivity contribution in [2.24, 2.45) is 0 Å². The van der Waals surface area contributed by atoms with Gasteiger partial charge in [0.2, 0.25) is 12.6 Å². The number of amides is 2. The maximum atomic E-state index is 12.9. The molecular formula is C25H24N4O4. The van der Waals surface area contributed by atoms with Crippen LogP contribution in [0.1, 0.15) is 35.5 Å². The topological polar surface area (TPSA) is 89.7 Å². The van der Waals surface area contributed by atoms with E-state index >= 15 is 0 Å². The number of carbonyl (C=O) groups excluding carboxylic acids is 1. The van der Waals surface area contributed by atoms with Crippen molar-refractivity contribution < 1.29 is 18.8 Å². The molecule has 2 aliphatic heterocycles. The van der Waals surface area contributed by atoms with Crippen molar-refractivity contribution in [3.63, 3.8) is 0 Å². The van der Waals surface area contributed by atoms with Crippen molar-refractivity contribution in [3.05, 3.63) is 77.3 Å². The number of aryl methyl sites for hydroxylation is 2. The van der Waals surface area contributed by atoms with Crippen molar-refractivity contribution in [2.75, 3.05) is 13.3 Å². The molecule has 0 fully saturated rings. The molecule has 0 radical (unpaired) electrons. The molecule has 1 aromatic heterocycles. The van der Waals surface area contributed by atoms with Crippen LogP contribution < -0.4 is 14.8 Å². The van der Waals surface area contributed by atoms with Crippen LogP contribution in [0.2, 0.25) is 0 Å². The molecule has 0 saturated heterocycles. The first kappa shape index (κ1) is 20.8. The lowest BCUT2D eigenvalue weighted by Gasteiger charge is -2.34. The van der Waals surface area contributed by atoms with Gasteiger partial charge in [-0.25, -0.2) is 4.79 Å². The molecule has 8 nitrogen and oxygen atoms in total. The fourth-order valence-corrected chi connectivity index (χ4v) is 4.09. The van der Waals surface area contributed by atoms with Crippen LogP contribution in [0.3, 0.4) is 0 Å². The molecule has 8 heteroatoms. The Labute approximate surface area is 191 Å². The zero-order valence-electron chi connectivity index (χ0n) is 18.7. The van der Waals surface area contributed by atoms with E-state index in [0.29, 0.717) is 29.8 Å². The molecule has 3 aromatic rings. The molecule has 0 spiro atoms. The van der Waals surface area contributed by atoms with Gasteiger partial charge < -0.3 is 19.3 Å². The Bertz CT molecular complexity index is 1290. The highest BCUT2D eigenvalue weighted by molar-refractivity contribution is 5.87. The molecule has 2 aliphatic rings. The van der Waals surface area contributed by atoms with Gasteiger partial charge in [0.25, 0.3) is 5.89 Å². The smallest absolute Gasteiger partial charge is 0.322 e. The molecule has 1 N–H and O–H groups in total. The van der Waals surface area contributed by atoms with Gasteiger partial charge in [-0.1, -0.05) is 29.4 Å². The van der Waals surface area contributed by atoms with Crippen LogP contribution in [0.5, 0.6) is 11.5 Å². The highest BCUT2D eigenvalue weighted by Gasteiger charge is 2.35. The molecule has 2 amide bonds. The second-order valence-electron chi connectivity index (χ2n) is 8.12. The third-order valence-corrected chi connectivity index (χ3v) is 6.06. The largest absolute Gasteiger partial charge is 0.454 e. The van der Waals surface area contributed by atoms with E-state index in [9.17, 15) is 4.79 Å². The van der Waals surface area contributed by atoms with Gasteiger partial charge in [-0.05, 0) is 55.7 Å². The van der Waals surface area contributed by atoms with Crippen LogP contribution >= 0.6 is 0 Å². The summed E-state index contributed by atoms with van der Waals surface area (Å²) in [6.07, 6.45) is 1.68. The normalized spacial score (nSPS) is 17.4. The Morgan fingerprint density at radius 1 is 1.12 bits per heavy atom.